The van der Waals surface area contributed by atoms with Crippen LogP contribution in [-0.2, 0) is 9.59 Å². The number of imidazole rings is 1. The van der Waals surface area contributed by atoms with Gasteiger partial charge in [0, 0.05) is 25.1 Å². The summed E-state index contributed by atoms with van der Waals surface area (Å²) in [5, 5.41) is 2.79. The first-order valence-electron chi connectivity index (χ1n) is 9.99. The third-order valence-corrected chi connectivity index (χ3v) is 5.30. The maximum Gasteiger partial charge on any atom is 0.295 e. The number of carbonyl (C=O) groups is 3. The minimum atomic E-state index is -2.75. The molecule has 1 aliphatic heterocycles. The van der Waals surface area contributed by atoms with E-state index in [0.717, 1.165) is 0 Å². The Labute approximate surface area is 182 Å². The van der Waals surface area contributed by atoms with Gasteiger partial charge in [0.25, 0.3) is 12.3 Å². The molecule has 2 heterocycles. The van der Waals surface area contributed by atoms with E-state index in [2.05, 4.69) is 15.3 Å². The number of anilines is 2. The molecule has 10 heteroatoms. The van der Waals surface area contributed by atoms with E-state index >= 15 is 0 Å². The monoisotopic (exact) mass is 441 g/mol. The van der Waals surface area contributed by atoms with Crippen LogP contribution in [0.4, 0.5) is 20.2 Å². The van der Waals surface area contributed by atoms with Crippen molar-refractivity contribution in [3.8, 4) is 0 Å². The molecule has 0 radical (unpaired) electrons. The number of aromatic amines is 1. The fourth-order valence-corrected chi connectivity index (χ4v) is 3.80. The summed E-state index contributed by atoms with van der Waals surface area (Å²) >= 11 is 0. The van der Waals surface area contributed by atoms with Gasteiger partial charge in [0.05, 0.1) is 22.4 Å². The molecule has 1 atom stereocenters. The van der Waals surface area contributed by atoms with Gasteiger partial charge in [-0.05, 0) is 37.3 Å². The molecule has 8 nitrogen and oxygen atoms in total. The van der Waals surface area contributed by atoms with Gasteiger partial charge in [0.2, 0.25) is 11.8 Å². The number of aromatic nitrogens is 2. The first kappa shape index (κ1) is 21.4. The number of para-hydroxylation sites is 2. The van der Waals surface area contributed by atoms with E-state index in [-0.39, 0.29) is 30.3 Å². The Morgan fingerprint density at radius 3 is 2.75 bits per heavy atom. The first-order chi connectivity index (χ1) is 15.2. The van der Waals surface area contributed by atoms with Gasteiger partial charge in [-0.2, -0.15) is 0 Å². The molecule has 1 aromatic heterocycles. The predicted molar refractivity (Wildman–Crippen MR) is 115 cm³/mol. The molecule has 0 fully saturated rings. The van der Waals surface area contributed by atoms with Crippen molar-refractivity contribution < 1.29 is 23.2 Å². The van der Waals surface area contributed by atoms with Crippen molar-refractivity contribution in [2.24, 2.45) is 0 Å². The van der Waals surface area contributed by atoms with Crippen LogP contribution in [0.5, 0.6) is 0 Å². The highest BCUT2D eigenvalue weighted by molar-refractivity contribution is 6.06. The third kappa shape index (κ3) is 4.03. The molecule has 1 aliphatic rings. The molecule has 0 spiro atoms. The van der Waals surface area contributed by atoms with E-state index in [0.29, 0.717) is 22.4 Å². The Morgan fingerprint density at radius 1 is 1.25 bits per heavy atom. The summed E-state index contributed by atoms with van der Waals surface area (Å²) in [4.78, 5) is 47.2. The number of rotatable bonds is 4. The zero-order valence-corrected chi connectivity index (χ0v) is 17.4. The van der Waals surface area contributed by atoms with Crippen molar-refractivity contribution >= 4 is 40.1 Å². The van der Waals surface area contributed by atoms with Crippen LogP contribution in [0.2, 0.25) is 0 Å². The number of alkyl halides is 2. The van der Waals surface area contributed by atoms with E-state index in [1.165, 1.54) is 35.0 Å². The summed E-state index contributed by atoms with van der Waals surface area (Å²) in [6.07, 6.45) is -2.62. The molecule has 1 unspecified atom stereocenters. The van der Waals surface area contributed by atoms with Gasteiger partial charge in [-0.1, -0.05) is 12.1 Å². The Kier molecular flexibility index (Phi) is 5.60. The lowest BCUT2D eigenvalue weighted by atomic mass is 10.1. The van der Waals surface area contributed by atoms with Crippen molar-refractivity contribution in [2.75, 3.05) is 23.8 Å². The summed E-state index contributed by atoms with van der Waals surface area (Å²) in [7, 11) is 1.49. The minimum absolute atomic E-state index is 0.126. The molecular formula is C22H21F2N5O3. The maximum atomic E-state index is 13.2. The van der Waals surface area contributed by atoms with Crippen molar-refractivity contribution in [3.05, 3.63) is 53.9 Å². The van der Waals surface area contributed by atoms with Crippen molar-refractivity contribution in [2.45, 2.75) is 25.8 Å². The zero-order chi connectivity index (χ0) is 23.0. The number of nitrogens with one attached hydrogen (secondary N) is 2. The second kappa shape index (κ2) is 8.37. The number of halogens is 2. The lowest BCUT2D eigenvalue weighted by Crippen LogP contribution is -2.45. The Morgan fingerprint density at radius 2 is 2.00 bits per heavy atom. The van der Waals surface area contributed by atoms with Crippen LogP contribution in [0, 0.1) is 0 Å². The quantitative estimate of drug-likeness (QED) is 0.649. The number of fused-ring (bicyclic) bond motifs is 2. The SMILES string of the molecule is CC1CC(=O)Nc2ccccc2N1C(=O)CN(C)C(=O)c1ccc2nc(C(F)F)[nH]c2c1. The second-order valence-electron chi connectivity index (χ2n) is 7.70. The lowest BCUT2D eigenvalue weighted by Gasteiger charge is -2.29. The van der Waals surface area contributed by atoms with E-state index < -0.39 is 24.2 Å². The van der Waals surface area contributed by atoms with Crippen LogP contribution >= 0.6 is 0 Å². The summed E-state index contributed by atoms with van der Waals surface area (Å²) in [5.74, 6) is -1.45. The van der Waals surface area contributed by atoms with Gasteiger partial charge < -0.3 is 20.1 Å². The normalized spacial score (nSPS) is 16.0. The Bertz CT molecular complexity index is 1210. The molecule has 4 rings (SSSR count). The summed E-state index contributed by atoms with van der Waals surface area (Å²) in [6, 6.07) is 11.0. The van der Waals surface area contributed by atoms with Crippen LogP contribution in [-0.4, -0.2) is 52.2 Å². The number of benzene rings is 2. The molecule has 0 saturated carbocycles. The van der Waals surface area contributed by atoms with Gasteiger partial charge in [-0.3, -0.25) is 14.4 Å². The highest BCUT2D eigenvalue weighted by atomic mass is 19.3. The largest absolute Gasteiger partial charge is 0.337 e. The molecule has 0 bridgehead atoms. The number of hydrogen-bond donors (Lipinski definition) is 2. The maximum absolute atomic E-state index is 13.2. The van der Waals surface area contributed by atoms with Gasteiger partial charge in [0.1, 0.15) is 6.54 Å². The topological polar surface area (TPSA) is 98.4 Å². The van der Waals surface area contributed by atoms with E-state index in [1.807, 2.05) is 0 Å². The molecule has 3 aromatic rings. The van der Waals surface area contributed by atoms with Crippen molar-refractivity contribution in [1.82, 2.24) is 14.9 Å². The molecule has 2 aromatic carbocycles. The molecule has 166 valence electrons. The van der Waals surface area contributed by atoms with Crippen LogP contribution in [0.15, 0.2) is 42.5 Å². The second-order valence-corrected chi connectivity index (χ2v) is 7.70. The molecular weight excluding hydrogens is 420 g/mol. The van der Waals surface area contributed by atoms with Gasteiger partial charge in [0.15, 0.2) is 5.82 Å². The van der Waals surface area contributed by atoms with Crippen LogP contribution in [0.3, 0.4) is 0 Å². The smallest absolute Gasteiger partial charge is 0.295 e. The Hall–Kier alpha value is -3.82. The van der Waals surface area contributed by atoms with Crippen LogP contribution in [0.1, 0.15) is 36.0 Å². The standard InChI is InChI=1S/C22H21F2N5O3/c1-12-9-18(30)25-15-5-3-4-6-17(15)29(12)19(31)11-28(2)22(32)13-7-8-14-16(10-13)27-21(26-14)20(23)24/h3-8,10,12,20H,9,11H2,1-2H3,(H,25,30)(H,26,27). The highest BCUT2D eigenvalue weighted by Crippen LogP contribution is 2.31. The molecule has 32 heavy (non-hydrogen) atoms. The molecule has 0 saturated heterocycles. The van der Waals surface area contributed by atoms with Crippen molar-refractivity contribution in [1.29, 1.82) is 0 Å². The summed E-state index contributed by atoms with van der Waals surface area (Å²) in [6.45, 7) is 1.54. The molecule has 2 N–H and O–H groups in total. The van der Waals surface area contributed by atoms with Gasteiger partial charge >= 0.3 is 0 Å². The van der Waals surface area contributed by atoms with Crippen LogP contribution < -0.4 is 10.2 Å². The van der Waals surface area contributed by atoms with Crippen molar-refractivity contribution in [3.63, 3.8) is 0 Å². The molecule has 0 aliphatic carbocycles. The van der Waals surface area contributed by atoms with E-state index in [4.69, 9.17) is 0 Å². The fraction of sp³-hybridized carbons (Fsp3) is 0.273. The predicted octanol–water partition coefficient (Wildman–Crippen LogP) is 3.34. The summed E-state index contributed by atoms with van der Waals surface area (Å²) in [5.41, 5.74) is 1.96. The first-order valence-corrected chi connectivity index (χ1v) is 9.99. The van der Waals surface area contributed by atoms with Gasteiger partial charge in [-0.25, -0.2) is 13.8 Å². The highest BCUT2D eigenvalue weighted by Gasteiger charge is 2.30. The van der Waals surface area contributed by atoms with Gasteiger partial charge in [-0.15, -0.1) is 0 Å². The Balaban J connectivity index is 1.55. The number of hydrogen-bond acceptors (Lipinski definition) is 4. The number of H-pyrrole nitrogens is 1. The lowest BCUT2D eigenvalue weighted by molar-refractivity contribution is -0.119. The fourth-order valence-electron chi connectivity index (χ4n) is 3.80. The average Bonchev–Trinajstić information content (AvgIpc) is 3.12. The number of likely N-dealkylation sites (N-methyl/N-ethyl adjacent to an activating group) is 1. The third-order valence-electron chi connectivity index (χ3n) is 5.30. The zero-order valence-electron chi connectivity index (χ0n) is 17.4. The number of nitrogens with zero attached hydrogens (tertiary/aromatic N) is 3. The van der Waals surface area contributed by atoms with E-state index in [9.17, 15) is 23.2 Å². The molecule has 3 amide bonds. The number of amides is 3. The number of carbonyl (C=O) groups excluding carboxylic acids is 3. The van der Waals surface area contributed by atoms with Crippen LogP contribution in [0.25, 0.3) is 11.0 Å². The van der Waals surface area contributed by atoms with E-state index in [1.54, 1.807) is 31.2 Å². The average molecular weight is 441 g/mol. The summed E-state index contributed by atoms with van der Waals surface area (Å²) < 4.78 is 25.7. The minimum Gasteiger partial charge on any atom is -0.337 e.